The number of rotatable bonds is 8. The molecule has 8 N–H and O–H groups in total. The van der Waals surface area contributed by atoms with Crippen LogP contribution in [0.3, 0.4) is 0 Å². The Morgan fingerprint density at radius 2 is 1.85 bits per heavy atom. The van der Waals surface area contributed by atoms with E-state index in [9.17, 15) is 44.4 Å². The number of likely N-dealkylation sites (N-methyl/N-ethyl adjacent to an activating group) is 1. The van der Waals surface area contributed by atoms with Crippen LogP contribution in [0.2, 0.25) is 0 Å². The first-order valence-corrected chi connectivity index (χ1v) is 16.6. The van der Waals surface area contributed by atoms with Crippen molar-refractivity contribution in [3.05, 3.63) is 46.2 Å². The maximum Gasteiger partial charge on any atom is 0.315 e. The van der Waals surface area contributed by atoms with Crippen molar-refractivity contribution < 1.29 is 49.1 Å². The summed E-state index contributed by atoms with van der Waals surface area (Å²) in [5.74, 6) is -9.09. The summed E-state index contributed by atoms with van der Waals surface area (Å²) in [4.78, 5) is 67.0. The van der Waals surface area contributed by atoms with E-state index >= 15 is 0 Å². The van der Waals surface area contributed by atoms with Gasteiger partial charge in [0.2, 0.25) is 5.78 Å². The molecule has 15 heteroatoms. The second-order valence-electron chi connectivity index (χ2n) is 13.1. The minimum atomic E-state index is -2.99. The number of hydrogen-bond acceptors (Lipinski definition) is 12. The van der Waals surface area contributed by atoms with Crippen LogP contribution in [0, 0.1) is 11.8 Å². The van der Waals surface area contributed by atoms with E-state index in [0.717, 1.165) is 12.2 Å². The first kappa shape index (κ1) is 32.8. The van der Waals surface area contributed by atoms with Gasteiger partial charge in [0.1, 0.15) is 28.9 Å². The molecule has 6 rings (SSSR count). The highest BCUT2D eigenvalue weighted by Gasteiger charge is 2.69. The lowest BCUT2D eigenvalue weighted by atomic mass is 9.54. The summed E-state index contributed by atoms with van der Waals surface area (Å²) in [7, 11) is 2.95. The van der Waals surface area contributed by atoms with E-state index in [0.29, 0.717) is 18.4 Å². The normalized spacial score (nSPS) is 34.4. The van der Waals surface area contributed by atoms with Crippen LogP contribution in [0.15, 0.2) is 35.1 Å². The van der Waals surface area contributed by atoms with Crippen molar-refractivity contribution >= 4 is 47.0 Å². The van der Waals surface area contributed by atoms with Crippen molar-refractivity contribution in [3.63, 3.8) is 0 Å². The molecule has 3 amide bonds. The molecule has 1 aromatic carbocycles. The molecule has 3 aliphatic carbocycles. The Labute approximate surface area is 274 Å². The van der Waals surface area contributed by atoms with Gasteiger partial charge in [-0.3, -0.25) is 24.1 Å². The van der Waals surface area contributed by atoms with Gasteiger partial charge in [-0.1, -0.05) is 25.5 Å². The Hall–Kier alpha value is -4.08. The van der Waals surface area contributed by atoms with Gasteiger partial charge < -0.3 is 41.5 Å². The number of Topliss-reactive ketones (excluding diaryl/α,β-unsaturated/α-hetero) is 2. The number of carbonyl (C=O) groups excluding carboxylic acids is 5. The van der Waals surface area contributed by atoms with E-state index in [1.165, 1.54) is 25.1 Å². The van der Waals surface area contributed by atoms with E-state index in [4.69, 9.17) is 10.5 Å². The molecule has 9 atom stereocenters. The largest absolute Gasteiger partial charge is 0.508 e. The van der Waals surface area contributed by atoms with Crippen LogP contribution in [-0.4, -0.2) is 110 Å². The van der Waals surface area contributed by atoms with Crippen LogP contribution >= 0.6 is 11.8 Å². The Morgan fingerprint density at radius 1 is 1.13 bits per heavy atom. The molecule has 2 aliphatic heterocycles. The molecule has 0 radical (unpaired) electrons. The summed E-state index contributed by atoms with van der Waals surface area (Å²) >= 11 is 1.75. The number of esters is 1. The van der Waals surface area contributed by atoms with Crippen molar-refractivity contribution in [3.8, 4) is 5.75 Å². The number of ether oxygens (including phenoxy) is 1. The van der Waals surface area contributed by atoms with Gasteiger partial charge in [-0.15, -0.1) is 0 Å². The third-order valence-corrected chi connectivity index (χ3v) is 11.8. The Balaban J connectivity index is 1.35. The molecular weight excluding hydrogens is 632 g/mol. The summed E-state index contributed by atoms with van der Waals surface area (Å²) in [5.41, 5.74) is 1.46. The first-order valence-electron chi connectivity index (χ1n) is 15.5. The second-order valence-corrected chi connectivity index (χ2v) is 14.4. The molecule has 0 spiro atoms. The highest BCUT2D eigenvalue weighted by atomic mass is 32.2. The zero-order valence-corrected chi connectivity index (χ0v) is 26.9. The standard InChI is InChI=1S/C32H38N4O10S/c1-12-13-7-6-8-15(37)19(13)25(39)20-18(12)27(46-17(38)10-5-4-9-16-23-14(11-47-16)34-31(44)35-23)22-24(36(2)3)26(40)21(30(33)43)29(42)32(22,45)28(20)41/h6-8,12,14,16,18,22-24,27,37,39,42,45H,4-5,9-11H2,1-3H3,(H2,33,43)(H2,34,35,44)/t12-,14?,16?,18+,22+,23?,24-,27-,32-/m0/s1. The van der Waals surface area contributed by atoms with Crippen LogP contribution in [-0.2, 0) is 23.9 Å². The molecule has 5 aliphatic rings. The van der Waals surface area contributed by atoms with Crippen LogP contribution in [0.1, 0.15) is 49.7 Å². The fraction of sp³-hybridized carbons (Fsp3) is 0.531. The number of ketones is 2. The van der Waals surface area contributed by atoms with Crippen molar-refractivity contribution in [2.24, 2.45) is 17.6 Å². The molecule has 0 bridgehead atoms. The number of primary amides is 1. The van der Waals surface area contributed by atoms with Crippen LogP contribution in [0.25, 0.3) is 5.76 Å². The number of benzene rings is 1. The number of unbranched alkanes of at least 4 members (excludes halogenated alkanes) is 1. The van der Waals surface area contributed by atoms with Gasteiger partial charge in [-0.25, -0.2) is 4.79 Å². The number of hydrogen-bond donors (Lipinski definition) is 7. The van der Waals surface area contributed by atoms with Gasteiger partial charge in [0.25, 0.3) is 5.91 Å². The lowest BCUT2D eigenvalue weighted by Crippen LogP contribution is -2.71. The number of urea groups is 1. The van der Waals surface area contributed by atoms with E-state index in [2.05, 4.69) is 10.6 Å². The molecule has 252 valence electrons. The van der Waals surface area contributed by atoms with Crippen molar-refractivity contribution in [1.29, 1.82) is 0 Å². The number of carbonyl (C=O) groups is 5. The molecule has 1 aromatic rings. The number of aromatic hydroxyl groups is 1. The number of phenolic OH excluding ortho intramolecular Hbond substituents is 1. The number of phenols is 1. The predicted octanol–water partition coefficient (Wildman–Crippen LogP) is 0.773. The summed E-state index contributed by atoms with van der Waals surface area (Å²) in [6, 6.07) is 2.98. The molecule has 3 fully saturated rings. The molecule has 1 saturated carbocycles. The highest BCUT2D eigenvalue weighted by molar-refractivity contribution is 8.00. The van der Waals surface area contributed by atoms with E-state index in [-0.39, 0.29) is 41.1 Å². The van der Waals surface area contributed by atoms with Gasteiger partial charge in [-0.05, 0) is 44.5 Å². The number of nitrogens with zero attached hydrogens (tertiary/aromatic N) is 1. The summed E-state index contributed by atoms with van der Waals surface area (Å²) in [6.45, 7) is 1.71. The fourth-order valence-corrected chi connectivity index (χ4v) is 9.70. The van der Waals surface area contributed by atoms with E-state index < -0.39 is 81.6 Å². The Bertz CT molecular complexity index is 1640. The molecular formula is C32H38N4O10S. The zero-order valence-electron chi connectivity index (χ0n) is 26.1. The molecule has 47 heavy (non-hydrogen) atoms. The number of fused-ring (bicyclic) bond motifs is 4. The summed E-state index contributed by atoms with van der Waals surface area (Å²) in [6.07, 6.45) is 0.308. The SMILES string of the molecule is C[C@H]1c2cccc(O)c2C(O)=C2C(=O)[C@]3(O)C(O)=C(C(N)=O)C(=O)[C@@H](N(C)C)[C@@H]3[C@@H](OC(=O)CCCCC3SCC4NC(=O)NC43)[C@@H]21. The highest BCUT2D eigenvalue weighted by Crippen LogP contribution is 2.57. The third kappa shape index (κ3) is 4.97. The average Bonchev–Trinajstić information content (AvgIpc) is 3.55. The minimum absolute atomic E-state index is 0.0164. The fourth-order valence-electron chi connectivity index (χ4n) is 8.16. The topological polar surface area (TPSA) is 229 Å². The van der Waals surface area contributed by atoms with E-state index in [1.807, 2.05) is 0 Å². The molecule has 3 unspecified atom stereocenters. The Kier molecular flexibility index (Phi) is 8.29. The van der Waals surface area contributed by atoms with Crippen LogP contribution in [0.4, 0.5) is 4.79 Å². The van der Waals surface area contributed by atoms with Crippen molar-refractivity contribution in [1.82, 2.24) is 15.5 Å². The summed E-state index contributed by atoms with van der Waals surface area (Å²) in [5, 5.41) is 51.6. The number of thioether (sulfide) groups is 1. The Morgan fingerprint density at radius 3 is 2.53 bits per heavy atom. The van der Waals surface area contributed by atoms with Gasteiger partial charge in [0.05, 0.1) is 29.6 Å². The quantitative estimate of drug-likeness (QED) is 0.0881. The number of nitrogens with two attached hydrogens (primary N) is 1. The van der Waals surface area contributed by atoms with E-state index in [1.54, 1.807) is 30.8 Å². The number of nitrogens with one attached hydrogen (secondary N) is 2. The average molecular weight is 671 g/mol. The van der Waals surface area contributed by atoms with Crippen molar-refractivity contribution in [2.45, 2.75) is 73.6 Å². The third-order valence-electron chi connectivity index (χ3n) is 10.3. The zero-order chi connectivity index (χ0) is 34.1. The lowest BCUT2D eigenvalue weighted by molar-refractivity contribution is -0.185. The van der Waals surface area contributed by atoms with Crippen molar-refractivity contribution in [2.75, 3.05) is 19.8 Å². The lowest BCUT2D eigenvalue weighted by Gasteiger charge is -2.54. The maximum absolute atomic E-state index is 14.3. The smallest absolute Gasteiger partial charge is 0.315 e. The van der Waals surface area contributed by atoms with Gasteiger partial charge in [0, 0.05) is 28.9 Å². The van der Waals surface area contributed by atoms with Gasteiger partial charge in [-0.2, -0.15) is 11.8 Å². The minimum Gasteiger partial charge on any atom is -0.508 e. The molecule has 0 aromatic heterocycles. The number of aliphatic hydroxyl groups is 3. The van der Waals surface area contributed by atoms with Gasteiger partial charge >= 0.3 is 12.0 Å². The van der Waals surface area contributed by atoms with Crippen LogP contribution in [0.5, 0.6) is 5.75 Å². The molecule has 2 heterocycles. The summed E-state index contributed by atoms with van der Waals surface area (Å²) < 4.78 is 6.08. The molecule has 14 nitrogen and oxygen atoms in total. The predicted molar refractivity (Wildman–Crippen MR) is 168 cm³/mol. The molecule has 2 saturated heterocycles. The second kappa shape index (κ2) is 11.9. The van der Waals surface area contributed by atoms with Gasteiger partial charge in [0.15, 0.2) is 11.4 Å². The monoisotopic (exact) mass is 670 g/mol. The number of amides is 3. The number of aliphatic hydroxyl groups excluding tert-OH is 2. The maximum atomic E-state index is 14.3. The van der Waals surface area contributed by atoms with Crippen LogP contribution < -0.4 is 16.4 Å². The first-order chi connectivity index (χ1) is 22.2.